The van der Waals surface area contributed by atoms with Gasteiger partial charge in [-0.2, -0.15) is 20.2 Å². The number of nitrogens with one attached hydrogen (secondary N) is 2. The van der Waals surface area contributed by atoms with Crippen LogP contribution in [0.15, 0.2) is 60.9 Å². The number of unbranched alkanes of at least 4 members (excludes halogenated alkanes) is 1. The SMILES string of the molecule is CCCCNc1ncc2c(-c3ccc(C4(N5CCN(C)CC5)CC4)cc3)nn(C3CCC(O)CC3)c2n1.CN1CCN(C2(c3ccc(-c4nn(C5CCC(O)CC5)c5nc(NCCC6CC6)ncc45)cc3)CC2)CC1. The van der Waals surface area contributed by atoms with Gasteiger partial charge in [0.2, 0.25) is 11.9 Å². The van der Waals surface area contributed by atoms with Crippen molar-refractivity contribution in [3.05, 3.63) is 72.1 Å². The molecule has 6 heterocycles. The van der Waals surface area contributed by atoms with Crippen LogP contribution in [0.5, 0.6) is 0 Å². The van der Waals surface area contributed by atoms with Crippen molar-refractivity contribution in [1.29, 1.82) is 0 Å². The number of hydrogen-bond acceptors (Lipinski definition) is 14. The molecular formula is C59H82N14O2. The van der Waals surface area contributed by atoms with E-state index in [0.717, 1.165) is 180 Å². The van der Waals surface area contributed by atoms with Crippen LogP contribution < -0.4 is 10.6 Å². The Labute approximate surface area is 443 Å². The van der Waals surface area contributed by atoms with Crippen molar-refractivity contribution >= 4 is 34.0 Å². The van der Waals surface area contributed by atoms with Crippen LogP contribution in [0.2, 0.25) is 0 Å². The van der Waals surface area contributed by atoms with Gasteiger partial charge in [-0.3, -0.25) is 9.80 Å². The second-order valence-corrected chi connectivity index (χ2v) is 23.6. The quantitative estimate of drug-likeness (QED) is 0.0680. The third-order valence-electron chi connectivity index (χ3n) is 18.3. The smallest absolute Gasteiger partial charge is 0.224 e. The topological polar surface area (TPSA) is 165 Å². The van der Waals surface area contributed by atoms with E-state index in [1.165, 1.54) is 56.1 Å². The van der Waals surface area contributed by atoms with Crippen molar-refractivity contribution < 1.29 is 10.2 Å². The van der Waals surface area contributed by atoms with Crippen LogP contribution in [0, 0.1) is 5.92 Å². The molecule has 2 saturated heterocycles. The zero-order valence-corrected chi connectivity index (χ0v) is 45.0. The van der Waals surface area contributed by atoms with Crippen LogP contribution in [0.1, 0.15) is 139 Å². The van der Waals surface area contributed by atoms with E-state index < -0.39 is 0 Å². The monoisotopic (exact) mass is 1020 g/mol. The van der Waals surface area contributed by atoms with Gasteiger partial charge in [0, 0.05) is 100 Å². The third-order valence-corrected chi connectivity index (χ3v) is 18.3. The minimum absolute atomic E-state index is 0.190. The van der Waals surface area contributed by atoms with Gasteiger partial charge in [-0.25, -0.2) is 19.3 Å². The van der Waals surface area contributed by atoms with E-state index in [9.17, 15) is 10.2 Å². The maximum Gasteiger partial charge on any atom is 0.224 e. The highest BCUT2D eigenvalue weighted by Gasteiger charge is 2.51. The summed E-state index contributed by atoms with van der Waals surface area (Å²) >= 11 is 0. The van der Waals surface area contributed by atoms with Crippen LogP contribution in [0.3, 0.4) is 0 Å². The Morgan fingerprint density at radius 2 is 0.947 bits per heavy atom. The largest absolute Gasteiger partial charge is 0.393 e. The van der Waals surface area contributed by atoms with Crippen molar-refractivity contribution in [2.45, 2.75) is 151 Å². The van der Waals surface area contributed by atoms with E-state index in [1.54, 1.807) is 0 Å². The fourth-order valence-corrected chi connectivity index (χ4v) is 12.9. The third kappa shape index (κ3) is 10.8. The average molecular weight is 1020 g/mol. The maximum atomic E-state index is 10.1. The number of anilines is 2. The fourth-order valence-electron chi connectivity index (χ4n) is 12.9. The maximum absolute atomic E-state index is 10.1. The van der Waals surface area contributed by atoms with E-state index in [2.05, 4.69) is 119 Å². The summed E-state index contributed by atoms with van der Waals surface area (Å²) in [6, 6.07) is 18.8. The van der Waals surface area contributed by atoms with Crippen molar-refractivity contribution in [1.82, 2.24) is 59.1 Å². The Morgan fingerprint density at radius 1 is 0.533 bits per heavy atom. The predicted octanol–water partition coefficient (Wildman–Crippen LogP) is 8.84. The first-order valence-electron chi connectivity index (χ1n) is 29.1. The molecule has 5 aliphatic carbocycles. The van der Waals surface area contributed by atoms with E-state index in [-0.39, 0.29) is 35.4 Å². The lowest BCUT2D eigenvalue weighted by atomic mass is 9.93. The molecule has 5 saturated carbocycles. The molecule has 75 heavy (non-hydrogen) atoms. The first kappa shape index (κ1) is 50.7. The standard InChI is InChI=1S/C30H41N7O.C29H41N7O/c1-35-16-18-36(19-17-35)30(13-14-30)23-6-4-22(5-7-23)27-26-20-32-29(31-15-12-21-2-3-21)33-28(26)37(34-27)24-8-10-25(38)11-9-24;1-3-4-15-30-28-31-20-25-26(33-36(27(25)32-28)23-9-11-24(37)12-10-23)21-5-7-22(8-6-21)29(13-14-29)35-18-16-34(2)17-19-35/h4-7,20-21,24-25,38H,2-3,8-19H2,1H3,(H,31,32,33);5-8,20,23-24,37H,3-4,9-19H2,1-2H3,(H,30,31,32). The van der Waals surface area contributed by atoms with Gasteiger partial charge in [0.05, 0.1) is 35.1 Å². The molecule has 13 rings (SSSR count). The summed E-state index contributed by atoms with van der Waals surface area (Å²) in [7, 11) is 4.44. The lowest BCUT2D eigenvalue weighted by Crippen LogP contribution is -2.49. The van der Waals surface area contributed by atoms with Crippen LogP contribution >= 0.6 is 0 Å². The molecular weight excluding hydrogens is 937 g/mol. The summed E-state index contributed by atoms with van der Waals surface area (Å²) in [5.74, 6) is 2.24. The molecule has 0 atom stereocenters. The number of aliphatic hydroxyl groups is 2. The number of aromatic nitrogens is 8. The molecule has 2 aromatic carbocycles. The number of fused-ring (bicyclic) bond motifs is 2. The van der Waals surface area contributed by atoms with Gasteiger partial charge >= 0.3 is 0 Å². The Kier molecular flexibility index (Phi) is 14.7. The van der Waals surface area contributed by atoms with Crippen LogP contribution in [0.4, 0.5) is 11.9 Å². The molecule has 7 fully saturated rings. The first-order chi connectivity index (χ1) is 36.7. The van der Waals surface area contributed by atoms with Crippen molar-refractivity contribution in [3.63, 3.8) is 0 Å². The normalized spacial score (nSPS) is 25.2. The predicted molar refractivity (Wildman–Crippen MR) is 298 cm³/mol. The molecule has 16 nitrogen and oxygen atoms in total. The molecule has 0 unspecified atom stereocenters. The zero-order chi connectivity index (χ0) is 51.1. The number of benzene rings is 2. The van der Waals surface area contributed by atoms with E-state index >= 15 is 0 Å². The molecule has 2 aliphatic heterocycles. The number of likely N-dealkylation sites (N-methyl/N-ethyl adjacent to an activating group) is 2. The van der Waals surface area contributed by atoms with E-state index in [0.29, 0.717) is 11.9 Å². The highest BCUT2D eigenvalue weighted by molar-refractivity contribution is 5.92. The second kappa shape index (κ2) is 21.7. The van der Waals surface area contributed by atoms with Crippen molar-refractivity contribution in [3.8, 4) is 22.5 Å². The molecule has 0 amide bonds. The van der Waals surface area contributed by atoms with Gasteiger partial charge in [0.15, 0.2) is 11.3 Å². The molecule has 7 aliphatic rings. The summed E-state index contributed by atoms with van der Waals surface area (Å²) in [5, 5.41) is 39.3. The Balaban J connectivity index is 0.000000152. The van der Waals surface area contributed by atoms with Crippen molar-refractivity contribution in [2.75, 3.05) is 90.2 Å². The minimum atomic E-state index is -0.193. The van der Waals surface area contributed by atoms with E-state index in [1.807, 2.05) is 12.4 Å². The molecule has 0 radical (unpaired) electrons. The van der Waals surface area contributed by atoms with Crippen LogP contribution in [-0.2, 0) is 11.1 Å². The summed E-state index contributed by atoms with van der Waals surface area (Å²) in [6.45, 7) is 13.2. The highest BCUT2D eigenvalue weighted by atomic mass is 16.3. The van der Waals surface area contributed by atoms with Gasteiger partial charge in [-0.05, 0) is 121 Å². The van der Waals surface area contributed by atoms with Gasteiger partial charge in [-0.15, -0.1) is 0 Å². The molecule has 0 spiro atoms. The van der Waals surface area contributed by atoms with Crippen molar-refractivity contribution in [2.24, 2.45) is 5.92 Å². The zero-order valence-electron chi connectivity index (χ0n) is 45.0. The minimum Gasteiger partial charge on any atom is -0.393 e. The molecule has 16 heteroatoms. The van der Waals surface area contributed by atoms with Gasteiger partial charge in [0.25, 0.3) is 0 Å². The Morgan fingerprint density at radius 3 is 1.33 bits per heavy atom. The number of rotatable bonds is 16. The Bertz CT molecular complexity index is 2860. The molecule has 4 aromatic heterocycles. The number of hydrogen-bond donors (Lipinski definition) is 4. The summed E-state index contributed by atoms with van der Waals surface area (Å²) < 4.78 is 4.24. The first-order valence-corrected chi connectivity index (χ1v) is 29.1. The summed E-state index contributed by atoms with van der Waals surface area (Å²) in [5.41, 5.74) is 9.30. The summed E-state index contributed by atoms with van der Waals surface area (Å²) in [6.07, 6.45) is 21.6. The summed E-state index contributed by atoms with van der Waals surface area (Å²) in [4.78, 5) is 29.5. The molecule has 4 N–H and O–H groups in total. The van der Waals surface area contributed by atoms with E-state index in [4.69, 9.17) is 20.2 Å². The highest BCUT2D eigenvalue weighted by Crippen LogP contribution is 2.53. The lowest BCUT2D eigenvalue weighted by Gasteiger charge is -2.38. The average Bonchev–Trinajstić information content (AvgIpc) is 4.39. The molecule has 6 aromatic rings. The lowest BCUT2D eigenvalue weighted by molar-refractivity contribution is 0.0976. The van der Waals surface area contributed by atoms with Gasteiger partial charge in [-0.1, -0.05) is 74.7 Å². The van der Waals surface area contributed by atoms with Gasteiger partial charge < -0.3 is 30.6 Å². The second-order valence-electron chi connectivity index (χ2n) is 23.6. The number of piperazine rings is 2. The molecule has 400 valence electrons. The Hall–Kier alpha value is -5.10. The number of nitrogens with zero attached hydrogens (tertiary/aromatic N) is 12. The van der Waals surface area contributed by atoms with Crippen LogP contribution in [0.25, 0.3) is 44.6 Å². The fraction of sp³-hybridized carbons (Fsp3) is 0.627. The number of aliphatic hydroxyl groups excluding tert-OH is 2. The van der Waals surface area contributed by atoms with Crippen LogP contribution in [-0.4, -0.2) is 161 Å². The van der Waals surface area contributed by atoms with Gasteiger partial charge in [0.1, 0.15) is 11.4 Å². The molecule has 0 bridgehead atoms.